The third-order valence-corrected chi connectivity index (χ3v) is 2.82. The molecule has 0 N–H and O–H groups in total. The Hall–Kier alpha value is -1.36. The third-order valence-electron chi connectivity index (χ3n) is 1.81. The van der Waals surface area contributed by atoms with Gasteiger partial charge in [-0.15, -0.1) is 0 Å². The summed E-state index contributed by atoms with van der Waals surface area (Å²) in [6.07, 6.45) is 7.90. The predicted octanol–water partition coefficient (Wildman–Crippen LogP) is 4.10. The number of aromatic nitrogens is 1. The van der Waals surface area contributed by atoms with Crippen molar-refractivity contribution >= 4 is 28.1 Å². The zero-order valence-electron chi connectivity index (χ0n) is 13.0. The van der Waals surface area contributed by atoms with Gasteiger partial charge in [-0.2, -0.15) is 0 Å². The lowest BCUT2D eigenvalue weighted by Gasteiger charge is -2.02. The maximum atomic E-state index is 11.4. The molecule has 0 aliphatic carbocycles. The van der Waals surface area contributed by atoms with E-state index in [-0.39, 0.29) is 0 Å². The first-order valence-corrected chi connectivity index (χ1v) is 8.38. The minimum atomic E-state index is -3.28. The molecule has 1 aromatic rings. The van der Waals surface area contributed by atoms with Crippen LogP contribution < -0.4 is 0 Å². The molecule has 0 bridgehead atoms. The van der Waals surface area contributed by atoms with E-state index in [1.807, 2.05) is 46.8 Å². The molecule has 5 heteroatoms. The Balaban J connectivity index is 0. The molecule has 4 nitrogen and oxygen atoms in total. The molecular formula is C14H26N2O2S. The van der Waals surface area contributed by atoms with E-state index in [9.17, 15) is 8.42 Å². The highest BCUT2D eigenvalue weighted by Gasteiger charge is 2.12. The van der Waals surface area contributed by atoms with Crippen molar-refractivity contribution in [2.75, 3.05) is 6.26 Å². The van der Waals surface area contributed by atoms with E-state index >= 15 is 0 Å². The first-order chi connectivity index (χ1) is 9.00. The van der Waals surface area contributed by atoms with E-state index in [0.717, 1.165) is 11.8 Å². The second-order valence-electron chi connectivity index (χ2n) is 3.04. The molecule has 0 saturated heterocycles. The third kappa shape index (κ3) is 6.38. The van der Waals surface area contributed by atoms with Crippen LogP contribution in [0.1, 0.15) is 47.1 Å². The summed E-state index contributed by atoms with van der Waals surface area (Å²) in [7, 11) is -3.28. The largest absolute Gasteiger partial charge is 0.242 e. The van der Waals surface area contributed by atoms with Crippen molar-refractivity contribution in [2.24, 2.45) is 4.99 Å². The van der Waals surface area contributed by atoms with Gasteiger partial charge in [0.1, 0.15) is 0 Å². The van der Waals surface area contributed by atoms with Crippen molar-refractivity contribution < 1.29 is 8.42 Å². The molecular weight excluding hydrogens is 260 g/mol. The molecule has 0 saturated carbocycles. The Morgan fingerprint density at radius 1 is 1.16 bits per heavy atom. The first-order valence-electron chi connectivity index (χ1n) is 6.54. The van der Waals surface area contributed by atoms with Gasteiger partial charge in [-0.25, -0.2) is 17.4 Å². The quantitative estimate of drug-likeness (QED) is 0.785. The van der Waals surface area contributed by atoms with Crippen LogP contribution >= 0.6 is 0 Å². The van der Waals surface area contributed by atoms with Gasteiger partial charge in [-0.3, -0.25) is 0 Å². The molecule has 0 aliphatic heterocycles. The SMILES string of the molecule is C/C=C\c1ccn(S(C)(=O)=O)c1/N=C\C.CC.CC. The molecule has 0 unspecified atom stereocenters. The lowest BCUT2D eigenvalue weighted by Crippen LogP contribution is -2.07. The minimum Gasteiger partial charge on any atom is -0.242 e. The van der Waals surface area contributed by atoms with Crippen molar-refractivity contribution in [1.82, 2.24) is 3.97 Å². The van der Waals surface area contributed by atoms with Crippen LogP contribution in [0.4, 0.5) is 5.82 Å². The van der Waals surface area contributed by atoms with Gasteiger partial charge in [0.15, 0.2) is 5.82 Å². The fourth-order valence-corrected chi connectivity index (χ4v) is 2.00. The maximum absolute atomic E-state index is 11.4. The number of rotatable bonds is 3. The Morgan fingerprint density at radius 2 is 1.68 bits per heavy atom. The number of hydrogen-bond acceptors (Lipinski definition) is 3. The molecule has 19 heavy (non-hydrogen) atoms. The van der Waals surface area contributed by atoms with Gasteiger partial charge in [0.2, 0.25) is 10.0 Å². The molecule has 1 aromatic heterocycles. The van der Waals surface area contributed by atoms with Crippen molar-refractivity contribution in [3.05, 3.63) is 23.9 Å². The lowest BCUT2D eigenvalue weighted by molar-refractivity contribution is 0.594. The summed E-state index contributed by atoms with van der Waals surface area (Å²) >= 11 is 0. The van der Waals surface area contributed by atoms with Gasteiger partial charge in [0.05, 0.1) is 6.26 Å². The summed E-state index contributed by atoms with van der Waals surface area (Å²) in [6, 6.07) is 1.73. The van der Waals surface area contributed by atoms with Crippen LogP contribution in [0.2, 0.25) is 0 Å². The minimum absolute atomic E-state index is 0.443. The molecule has 0 radical (unpaired) electrons. The Kier molecular flexibility index (Phi) is 11.1. The fraction of sp³-hybridized carbons (Fsp3) is 0.500. The fourth-order valence-electron chi connectivity index (χ4n) is 1.25. The van der Waals surface area contributed by atoms with Gasteiger partial charge in [0, 0.05) is 18.0 Å². The second-order valence-corrected chi connectivity index (χ2v) is 4.90. The van der Waals surface area contributed by atoms with Crippen molar-refractivity contribution in [3.63, 3.8) is 0 Å². The summed E-state index contributed by atoms with van der Waals surface area (Å²) in [5, 5.41) is 0. The summed E-state index contributed by atoms with van der Waals surface area (Å²) in [5.74, 6) is 0.443. The van der Waals surface area contributed by atoms with E-state index in [0.29, 0.717) is 5.82 Å². The van der Waals surface area contributed by atoms with Crippen LogP contribution in [0.25, 0.3) is 6.08 Å². The molecule has 110 valence electrons. The normalized spacial score (nSPS) is 10.9. The summed E-state index contributed by atoms with van der Waals surface area (Å²) in [6.45, 7) is 11.6. The summed E-state index contributed by atoms with van der Waals surface area (Å²) in [4.78, 5) is 4.06. The molecule has 0 fully saturated rings. The van der Waals surface area contributed by atoms with Gasteiger partial charge >= 0.3 is 0 Å². The topological polar surface area (TPSA) is 51.4 Å². The van der Waals surface area contributed by atoms with Crippen LogP contribution in [0.15, 0.2) is 23.3 Å². The summed E-state index contributed by atoms with van der Waals surface area (Å²) in [5.41, 5.74) is 0.793. The van der Waals surface area contributed by atoms with E-state index in [1.54, 1.807) is 19.2 Å². The smallest absolute Gasteiger partial charge is 0.237 e. The molecule has 0 spiro atoms. The average molecular weight is 286 g/mol. The van der Waals surface area contributed by atoms with Crippen LogP contribution in [-0.2, 0) is 10.0 Å². The number of allylic oxidation sites excluding steroid dienone is 1. The van der Waals surface area contributed by atoms with Crippen molar-refractivity contribution in [2.45, 2.75) is 41.5 Å². The van der Waals surface area contributed by atoms with Gasteiger partial charge < -0.3 is 0 Å². The van der Waals surface area contributed by atoms with Gasteiger partial charge in [-0.05, 0) is 19.9 Å². The van der Waals surface area contributed by atoms with Gasteiger partial charge in [-0.1, -0.05) is 39.8 Å². The standard InChI is InChI=1S/C10H14N2O2S.2C2H6/c1-4-6-9-7-8-12(15(3,13)14)10(9)11-5-2;2*1-2/h4-8H,1-3H3;2*1-2H3/b6-4-,11-5-;;. The highest BCUT2D eigenvalue weighted by atomic mass is 32.2. The van der Waals surface area contributed by atoms with E-state index in [1.165, 1.54) is 10.2 Å². The number of nitrogens with zero attached hydrogens (tertiary/aromatic N) is 2. The van der Waals surface area contributed by atoms with Crippen LogP contribution in [-0.4, -0.2) is 24.9 Å². The van der Waals surface area contributed by atoms with E-state index in [2.05, 4.69) is 4.99 Å². The second kappa shape index (κ2) is 10.6. The highest BCUT2D eigenvalue weighted by Crippen LogP contribution is 2.23. The molecule has 0 aliphatic rings. The molecule has 0 atom stereocenters. The molecule has 0 aromatic carbocycles. The first kappa shape index (κ1) is 20.0. The van der Waals surface area contributed by atoms with Crippen molar-refractivity contribution in [3.8, 4) is 0 Å². The zero-order valence-corrected chi connectivity index (χ0v) is 13.8. The van der Waals surface area contributed by atoms with E-state index < -0.39 is 10.0 Å². The average Bonchev–Trinajstić information content (AvgIpc) is 2.78. The number of aliphatic imine (C=N–C) groups is 1. The zero-order chi connectivity index (χ0) is 15.5. The predicted molar refractivity (Wildman–Crippen MR) is 85.9 cm³/mol. The molecule has 1 rings (SSSR count). The molecule has 1 heterocycles. The summed E-state index contributed by atoms with van der Waals surface area (Å²) < 4.78 is 24.0. The van der Waals surface area contributed by atoms with Crippen LogP contribution in [0.3, 0.4) is 0 Å². The van der Waals surface area contributed by atoms with E-state index in [4.69, 9.17) is 0 Å². The Labute approximate surface area is 117 Å². The van der Waals surface area contributed by atoms with Crippen LogP contribution in [0.5, 0.6) is 0 Å². The maximum Gasteiger partial charge on any atom is 0.237 e. The van der Waals surface area contributed by atoms with Gasteiger partial charge in [0.25, 0.3) is 0 Å². The Morgan fingerprint density at radius 3 is 2.05 bits per heavy atom. The molecule has 0 amide bonds. The number of hydrogen-bond donors (Lipinski definition) is 0. The lowest BCUT2D eigenvalue weighted by atomic mass is 10.3. The monoisotopic (exact) mass is 286 g/mol. The van der Waals surface area contributed by atoms with Crippen molar-refractivity contribution in [1.29, 1.82) is 0 Å². The highest BCUT2D eigenvalue weighted by molar-refractivity contribution is 7.89. The van der Waals surface area contributed by atoms with Crippen LogP contribution in [0, 0.1) is 0 Å². The Bertz CT molecular complexity index is 498.